The van der Waals surface area contributed by atoms with E-state index in [-0.39, 0.29) is 24.0 Å². The van der Waals surface area contributed by atoms with E-state index in [2.05, 4.69) is 43.1 Å². The molecule has 128 valence electrons. The molecule has 3 N–H and O–H groups in total. The van der Waals surface area contributed by atoms with Gasteiger partial charge in [-0.3, -0.25) is 9.67 Å². The number of aromatic nitrogens is 2. The summed E-state index contributed by atoms with van der Waals surface area (Å²) in [4.78, 5) is 4.43. The summed E-state index contributed by atoms with van der Waals surface area (Å²) in [5.41, 5.74) is 5.94. The van der Waals surface area contributed by atoms with Crippen LogP contribution >= 0.6 is 24.0 Å². The van der Waals surface area contributed by atoms with E-state index in [9.17, 15) is 0 Å². The summed E-state index contributed by atoms with van der Waals surface area (Å²) in [5, 5.41) is 7.47. The molecule has 0 saturated carbocycles. The smallest absolute Gasteiger partial charge is 0.188 e. The Morgan fingerprint density at radius 3 is 2.59 bits per heavy atom. The molecule has 0 aliphatic carbocycles. The van der Waals surface area contributed by atoms with Crippen molar-refractivity contribution in [3.05, 3.63) is 18.5 Å². The van der Waals surface area contributed by atoms with E-state index >= 15 is 0 Å². The SMILES string of the molecule is CC(C)CCCC(C)NC(N)=NCC(C)Cn1cccn1.I. The normalized spacial score (nSPS) is 14.5. The molecule has 1 rings (SSSR count). The molecule has 2 atom stereocenters. The van der Waals surface area contributed by atoms with E-state index in [4.69, 9.17) is 5.73 Å². The van der Waals surface area contributed by atoms with Gasteiger partial charge in [0.25, 0.3) is 0 Å². The lowest BCUT2D eigenvalue weighted by molar-refractivity contribution is 0.457. The Bertz CT molecular complexity index is 403. The molecule has 0 amide bonds. The van der Waals surface area contributed by atoms with Crippen LogP contribution in [-0.2, 0) is 6.54 Å². The van der Waals surface area contributed by atoms with Crippen molar-refractivity contribution in [3.8, 4) is 0 Å². The zero-order valence-corrected chi connectivity index (χ0v) is 16.7. The third kappa shape index (κ3) is 10.0. The average Bonchev–Trinajstić information content (AvgIpc) is 2.88. The van der Waals surface area contributed by atoms with Crippen LogP contribution in [0.25, 0.3) is 0 Å². The minimum absolute atomic E-state index is 0. The topological polar surface area (TPSA) is 68.2 Å². The van der Waals surface area contributed by atoms with E-state index in [0.717, 1.165) is 25.4 Å². The van der Waals surface area contributed by atoms with E-state index in [1.54, 1.807) is 6.20 Å². The van der Waals surface area contributed by atoms with Gasteiger partial charge in [0.05, 0.1) is 0 Å². The van der Waals surface area contributed by atoms with Crippen molar-refractivity contribution >= 4 is 29.9 Å². The highest BCUT2D eigenvalue weighted by Crippen LogP contribution is 2.08. The van der Waals surface area contributed by atoms with Gasteiger partial charge in [0, 0.05) is 31.5 Å². The summed E-state index contributed by atoms with van der Waals surface area (Å²) in [6.45, 7) is 10.4. The first-order valence-corrected chi connectivity index (χ1v) is 8.01. The third-order valence-electron chi connectivity index (χ3n) is 3.44. The number of hydrogen-bond acceptors (Lipinski definition) is 2. The second kappa shape index (κ2) is 11.7. The number of hydrogen-bond donors (Lipinski definition) is 2. The van der Waals surface area contributed by atoms with Gasteiger partial charge in [-0.05, 0) is 31.2 Å². The summed E-state index contributed by atoms with van der Waals surface area (Å²) in [5.74, 6) is 1.74. The number of guanidine groups is 1. The highest BCUT2D eigenvalue weighted by atomic mass is 127. The van der Waals surface area contributed by atoms with E-state index in [1.807, 2.05) is 16.9 Å². The highest BCUT2D eigenvalue weighted by molar-refractivity contribution is 14.0. The Kier molecular flexibility index (Phi) is 11.3. The minimum Gasteiger partial charge on any atom is -0.370 e. The molecule has 0 saturated heterocycles. The number of halogens is 1. The van der Waals surface area contributed by atoms with Crippen LogP contribution in [0.4, 0.5) is 0 Å². The summed E-state index contributed by atoms with van der Waals surface area (Å²) in [6.07, 6.45) is 7.40. The fourth-order valence-corrected chi connectivity index (χ4v) is 2.24. The summed E-state index contributed by atoms with van der Waals surface area (Å²) in [7, 11) is 0. The lowest BCUT2D eigenvalue weighted by Gasteiger charge is -2.16. The van der Waals surface area contributed by atoms with Crippen LogP contribution in [0.2, 0.25) is 0 Å². The first-order valence-electron chi connectivity index (χ1n) is 8.01. The molecule has 0 spiro atoms. The predicted molar refractivity (Wildman–Crippen MR) is 105 cm³/mol. The second-order valence-corrected chi connectivity index (χ2v) is 6.43. The molecule has 0 radical (unpaired) electrons. The van der Waals surface area contributed by atoms with Gasteiger partial charge >= 0.3 is 0 Å². The molecule has 5 nitrogen and oxygen atoms in total. The van der Waals surface area contributed by atoms with Crippen LogP contribution in [-0.4, -0.2) is 28.3 Å². The number of nitrogens with two attached hydrogens (primary N) is 1. The Hall–Kier alpha value is -0.790. The highest BCUT2D eigenvalue weighted by Gasteiger charge is 2.06. The van der Waals surface area contributed by atoms with Crippen LogP contribution in [0.15, 0.2) is 23.5 Å². The molecule has 0 fully saturated rings. The van der Waals surface area contributed by atoms with Gasteiger partial charge in [0.15, 0.2) is 5.96 Å². The molecular formula is C16H32IN5. The largest absolute Gasteiger partial charge is 0.370 e. The van der Waals surface area contributed by atoms with Gasteiger partial charge in [0.2, 0.25) is 0 Å². The van der Waals surface area contributed by atoms with Crippen LogP contribution in [0.5, 0.6) is 0 Å². The van der Waals surface area contributed by atoms with Gasteiger partial charge in [-0.25, -0.2) is 0 Å². The Morgan fingerprint density at radius 1 is 1.27 bits per heavy atom. The Balaban J connectivity index is 0.00000441. The molecule has 1 aromatic rings. The van der Waals surface area contributed by atoms with Crippen LogP contribution < -0.4 is 11.1 Å². The molecule has 1 heterocycles. The van der Waals surface area contributed by atoms with Gasteiger partial charge in [-0.15, -0.1) is 24.0 Å². The van der Waals surface area contributed by atoms with Crippen molar-refractivity contribution in [3.63, 3.8) is 0 Å². The number of nitrogens with one attached hydrogen (secondary N) is 1. The van der Waals surface area contributed by atoms with Crippen molar-refractivity contribution in [1.82, 2.24) is 15.1 Å². The standard InChI is InChI=1S/C16H31N5.HI/c1-13(2)7-5-8-15(4)20-16(17)18-11-14(3)12-21-10-6-9-19-21;/h6,9-10,13-15H,5,7-8,11-12H2,1-4H3,(H3,17,18,20);1H. The molecule has 0 aliphatic heterocycles. The maximum Gasteiger partial charge on any atom is 0.188 e. The van der Waals surface area contributed by atoms with Gasteiger partial charge in [-0.2, -0.15) is 5.10 Å². The zero-order chi connectivity index (χ0) is 15.7. The van der Waals surface area contributed by atoms with Gasteiger partial charge in [0.1, 0.15) is 0 Å². The van der Waals surface area contributed by atoms with Gasteiger partial charge < -0.3 is 11.1 Å². The van der Waals surface area contributed by atoms with Crippen molar-refractivity contribution in [1.29, 1.82) is 0 Å². The number of nitrogens with zero attached hydrogens (tertiary/aromatic N) is 3. The molecule has 1 aromatic heterocycles. The fourth-order valence-electron chi connectivity index (χ4n) is 2.24. The molecule has 6 heteroatoms. The lowest BCUT2D eigenvalue weighted by Crippen LogP contribution is -2.38. The fraction of sp³-hybridized carbons (Fsp3) is 0.750. The van der Waals surface area contributed by atoms with Crippen LogP contribution in [0.1, 0.15) is 47.0 Å². The van der Waals surface area contributed by atoms with Gasteiger partial charge in [-0.1, -0.05) is 33.6 Å². The van der Waals surface area contributed by atoms with Crippen molar-refractivity contribution in [2.24, 2.45) is 22.6 Å². The molecule has 2 unspecified atom stereocenters. The molecule has 22 heavy (non-hydrogen) atoms. The van der Waals surface area contributed by atoms with Crippen molar-refractivity contribution in [2.45, 2.75) is 59.5 Å². The second-order valence-electron chi connectivity index (χ2n) is 6.43. The Labute approximate surface area is 152 Å². The Morgan fingerprint density at radius 2 is 2.00 bits per heavy atom. The van der Waals surface area contributed by atoms with E-state index in [1.165, 1.54) is 12.8 Å². The maximum absolute atomic E-state index is 5.94. The molecule has 0 aliphatic rings. The van der Waals surface area contributed by atoms with Crippen LogP contribution in [0, 0.1) is 11.8 Å². The summed E-state index contributed by atoms with van der Waals surface area (Å²) < 4.78 is 1.93. The quantitative estimate of drug-likeness (QED) is 0.366. The first kappa shape index (κ1) is 21.2. The third-order valence-corrected chi connectivity index (χ3v) is 3.44. The van der Waals surface area contributed by atoms with Crippen molar-refractivity contribution < 1.29 is 0 Å². The minimum atomic E-state index is 0. The van der Waals surface area contributed by atoms with Crippen LogP contribution in [0.3, 0.4) is 0 Å². The summed E-state index contributed by atoms with van der Waals surface area (Å²) in [6, 6.07) is 2.32. The number of rotatable bonds is 9. The zero-order valence-electron chi connectivity index (χ0n) is 14.3. The van der Waals surface area contributed by atoms with E-state index < -0.39 is 0 Å². The average molecular weight is 421 g/mol. The molecule has 0 aromatic carbocycles. The summed E-state index contributed by atoms with van der Waals surface area (Å²) >= 11 is 0. The monoisotopic (exact) mass is 421 g/mol. The number of aliphatic imine (C=N–C) groups is 1. The van der Waals surface area contributed by atoms with E-state index in [0.29, 0.717) is 17.9 Å². The lowest BCUT2D eigenvalue weighted by atomic mass is 10.0. The predicted octanol–water partition coefficient (Wildman–Crippen LogP) is 3.26. The molecular weight excluding hydrogens is 389 g/mol. The first-order chi connectivity index (χ1) is 9.97. The molecule has 0 bridgehead atoms. The maximum atomic E-state index is 5.94. The van der Waals surface area contributed by atoms with Crippen molar-refractivity contribution in [2.75, 3.05) is 6.54 Å².